The Kier molecular flexibility index (Phi) is 2.94. The Hall–Kier alpha value is -1.81. The van der Waals surface area contributed by atoms with Gasteiger partial charge < -0.3 is 9.67 Å². The van der Waals surface area contributed by atoms with E-state index in [-0.39, 0.29) is 5.41 Å². The highest BCUT2D eigenvalue weighted by Gasteiger charge is 2.54. The molecule has 4 nitrogen and oxygen atoms in total. The Morgan fingerprint density at radius 2 is 2.17 bits per heavy atom. The molecule has 1 N–H and O–H groups in total. The fourth-order valence-corrected chi connectivity index (χ4v) is 5.90. The van der Waals surface area contributed by atoms with Crippen LogP contribution in [0.25, 0.3) is 10.9 Å². The van der Waals surface area contributed by atoms with Gasteiger partial charge in [0, 0.05) is 23.1 Å². The third-order valence-corrected chi connectivity index (χ3v) is 6.93. The van der Waals surface area contributed by atoms with E-state index in [1.54, 1.807) is 0 Å². The van der Waals surface area contributed by atoms with Crippen molar-refractivity contribution in [2.75, 3.05) is 13.1 Å². The summed E-state index contributed by atoms with van der Waals surface area (Å²) in [5.74, 6) is -0.674. The molecule has 0 aliphatic carbocycles. The van der Waals surface area contributed by atoms with E-state index in [1.807, 2.05) is 6.07 Å². The molecule has 4 heteroatoms. The number of para-hydroxylation sites is 1. The van der Waals surface area contributed by atoms with Gasteiger partial charge in [0.05, 0.1) is 6.04 Å². The standard InChI is InChI=1S/C20H24N2O2/c1-2-20-9-5-10-21-11-8-14-13-6-3-4-7-15(13)22(17(14)18(20)21)16(12-20)19(23)24/h3-4,6-7,16,18H,2,5,8-12H2,1H3,(H,23,24)/t16?,18-,20+/m1/s1. The second-order valence-electron chi connectivity index (χ2n) is 7.82. The van der Waals surface area contributed by atoms with Gasteiger partial charge in [0.25, 0.3) is 0 Å². The van der Waals surface area contributed by atoms with Gasteiger partial charge in [0.15, 0.2) is 0 Å². The number of benzene rings is 1. The Labute approximate surface area is 142 Å². The van der Waals surface area contributed by atoms with Gasteiger partial charge in [-0.3, -0.25) is 4.90 Å². The van der Waals surface area contributed by atoms with Crippen molar-refractivity contribution in [1.29, 1.82) is 0 Å². The van der Waals surface area contributed by atoms with Gasteiger partial charge in [-0.25, -0.2) is 4.79 Å². The summed E-state index contributed by atoms with van der Waals surface area (Å²) in [6.07, 6.45) is 5.25. The highest BCUT2D eigenvalue weighted by Crippen LogP contribution is 2.59. The van der Waals surface area contributed by atoms with Crippen molar-refractivity contribution < 1.29 is 9.90 Å². The summed E-state index contributed by atoms with van der Waals surface area (Å²) in [6.45, 7) is 4.53. The second-order valence-corrected chi connectivity index (χ2v) is 7.82. The fraction of sp³-hybridized carbons (Fsp3) is 0.550. The minimum Gasteiger partial charge on any atom is -0.480 e. The molecule has 1 unspecified atom stereocenters. The summed E-state index contributed by atoms with van der Waals surface area (Å²) >= 11 is 0. The molecule has 0 amide bonds. The van der Waals surface area contributed by atoms with Gasteiger partial charge in [-0.2, -0.15) is 0 Å². The molecule has 0 bridgehead atoms. The van der Waals surface area contributed by atoms with Crippen molar-refractivity contribution in [2.45, 2.75) is 51.1 Å². The summed E-state index contributed by atoms with van der Waals surface area (Å²) in [4.78, 5) is 14.8. The Morgan fingerprint density at radius 1 is 1.33 bits per heavy atom. The highest BCUT2D eigenvalue weighted by molar-refractivity contribution is 5.88. The van der Waals surface area contributed by atoms with Gasteiger partial charge in [-0.05, 0) is 55.7 Å². The van der Waals surface area contributed by atoms with Crippen LogP contribution in [0.2, 0.25) is 0 Å². The molecular weight excluding hydrogens is 300 g/mol. The van der Waals surface area contributed by atoms with Crippen LogP contribution in [0.15, 0.2) is 24.3 Å². The van der Waals surface area contributed by atoms with Crippen molar-refractivity contribution in [3.63, 3.8) is 0 Å². The highest BCUT2D eigenvalue weighted by atomic mass is 16.4. The third kappa shape index (κ3) is 1.65. The van der Waals surface area contributed by atoms with Gasteiger partial charge in [0.2, 0.25) is 0 Å². The molecule has 0 spiro atoms. The first-order chi connectivity index (χ1) is 11.7. The zero-order valence-corrected chi connectivity index (χ0v) is 14.2. The zero-order chi connectivity index (χ0) is 16.5. The van der Waals surface area contributed by atoms with Gasteiger partial charge in [-0.15, -0.1) is 0 Å². The Balaban J connectivity index is 1.87. The molecule has 126 valence electrons. The molecule has 4 heterocycles. The van der Waals surface area contributed by atoms with E-state index in [4.69, 9.17) is 0 Å². The van der Waals surface area contributed by atoms with Crippen LogP contribution in [0.1, 0.15) is 55.9 Å². The van der Waals surface area contributed by atoms with Crippen LogP contribution in [0.5, 0.6) is 0 Å². The number of piperidine rings is 1. The number of rotatable bonds is 2. The van der Waals surface area contributed by atoms with Crippen LogP contribution in [0, 0.1) is 5.41 Å². The van der Waals surface area contributed by atoms with E-state index in [2.05, 4.69) is 34.6 Å². The minimum atomic E-state index is -0.674. The predicted octanol–water partition coefficient (Wildman–Crippen LogP) is 3.76. The average Bonchev–Trinajstić information content (AvgIpc) is 2.95. The van der Waals surface area contributed by atoms with E-state index in [9.17, 15) is 9.90 Å². The Morgan fingerprint density at radius 3 is 2.96 bits per heavy atom. The summed E-state index contributed by atoms with van der Waals surface area (Å²) in [6, 6.07) is 8.39. The number of nitrogens with zero attached hydrogens (tertiary/aromatic N) is 2. The number of aromatic nitrogens is 1. The van der Waals surface area contributed by atoms with Crippen LogP contribution in [-0.4, -0.2) is 33.6 Å². The maximum absolute atomic E-state index is 12.2. The molecule has 2 aromatic rings. The molecule has 3 aliphatic heterocycles. The van der Waals surface area contributed by atoms with E-state index < -0.39 is 12.0 Å². The molecule has 1 saturated heterocycles. The van der Waals surface area contributed by atoms with Gasteiger partial charge in [-0.1, -0.05) is 25.1 Å². The van der Waals surface area contributed by atoms with Crippen molar-refractivity contribution in [3.05, 3.63) is 35.5 Å². The first kappa shape index (κ1) is 14.5. The average molecular weight is 324 g/mol. The lowest BCUT2D eigenvalue weighted by Crippen LogP contribution is -2.53. The van der Waals surface area contributed by atoms with E-state index in [0.717, 1.165) is 44.3 Å². The van der Waals surface area contributed by atoms with Crippen molar-refractivity contribution >= 4 is 16.9 Å². The second kappa shape index (κ2) is 4.85. The zero-order valence-electron chi connectivity index (χ0n) is 14.2. The normalized spacial score (nSPS) is 31.9. The molecule has 1 aromatic carbocycles. The van der Waals surface area contributed by atoms with E-state index >= 15 is 0 Å². The van der Waals surface area contributed by atoms with Crippen LogP contribution >= 0.6 is 0 Å². The third-order valence-electron chi connectivity index (χ3n) is 6.93. The number of carboxylic acid groups (broad SMARTS) is 1. The van der Waals surface area contributed by atoms with Crippen molar-refractivity contribution in [3.8, 4) is 0 Å². The maximum atomic E-state index is 12.2. The van der Waals surface area contributed by atoms with Gasteiger partial charge >= 0.3 is 5.97 Å². The van der Waals surface area contributed by atoms with E-state index in [0.29, 0.717) is 6.04 Å². The SMILES string of the molecule is CC[C@]12CCCN3CCc4c(n(c5ccccc45)C(C(=O)O)C1)[C@@H]32. The first-order valence-corrected chi connectivity index (χ1v) is 9.25. The number of aliphatic carboxylic acids is 1. The van der Waals surface area contributed by atoms with Crippen LogP contribution in [0.3, 0.4) is 0 Å². The molecule has 1 fully saturated rings. The van der Waals surface area contributed by atoms with Gasteiger partial charge in [0.1, 0.15) is 6.04 Å². The van der Waals surface area contributed by atoms with E-state index in [1.165, 1.54) is 23.1 Å². The van der Waals surface area contributed by atoms with Crippen molar-refractivity contribution in [2.24, 2.45) is 5.41 Å². The van der Waals surface area contributed by atoms with Crippen LogP contribution < -0.4 is 0 Å². The molecule has 0 saturated carbocycles. The summed E-state index contributed by atoms with van der Waals surface area (Å²) in [5, 5.41) is 11.3. The summed E-state index contributed by atoms with van der Waals surface area (Å²) < 4.78 is 2.18. The Bertz CT molecular complexity index is 840. The lowest BCUT2D eigenvalue weighted by molar-refractivity contribution is -0.145. The molecule has 3 atom stereocenters. The number of fused-ring (bicyclic) bond motifs is 3. The number of hydrogen-bond donors (Lipinski definition) is 1. The predicted molar refractivity (Wildman–Crippen MR) is 93.2 cm³/mol. The fourth-order valence-electron chi connectivity index (χ4n) is 5.90. The van der Waals surface area contributed by atoms with Crippen LogP contribution in [0.4, 0.5) is 0 Å². The summed E-state index contributed by atoms with van der Waals surface area (Å²) in [5.41, 5.74) is 3.98. The lowest BCUT2D eigenvalue weighted by Gasteiger charge is -2.56. The topological polar surface area (TPSA) is 45.5 Å². The molecule has 24 heavy (non-hydrogen) atoms. The quantitative estimate of drug-likeness (QED) is 0.915. The molecular formula is C20H24N2O2. The minimum absolute atomic E-state index is 0.126. The lowest BCUT2D eigenvalue weighted by atomic mass is 9.63. The molecule has 5 rings (SSSR count). The van der Waals surface area contributed by atoms with Crippen LogP contribution in [-0.2, 0) is 11.2 Å². The number of carbonyl (C=O) groups is 1. The first-order valence-electron chi connectivity index (χ1n) is 9.25. The molecule has 0 radical (unpaired) electrons. The largest absolute Gasteiger partial charge is 0.480 e. The molecule has 1 aromatic heterocycles. The molecule has 3 aliphatic rings. The number of hydrogen-bond acceptors (Lipinski definition) is 2. The number of carboxylic acids is 1. The monoisotopic (exact) mass is 324 g/mol. The maximum Gasteiger partial charge on any atom is 0.326 e. The summed E-state index contributed by atoms with van der Waals surface area (Å²) in [7, 11) is 0. The smallest absolute Gasteiger partial charge is 0.326 e. The van der Waals surface area contributed by atoms with Crippen molar-refractivity contribution in [1.82, 2.24) is 9.47 Å².